The number of thiophene rings is 1. The largest absolute Gasteiger partial charge is 0.469 e. The molecule has 0 aliphatic carbocycles. The molecule has 1 aromatic carbocycles. The lowest BCUT2D eigenvalue weighted by atomic mass is 10.1. The normalized spacial score (nSPS) is 13.0. The number of carbonyl (C=O) groups excluding carboxylic acids is 2. The molecule has 24 heavy (non-hydrogen) atoms. The molecule has 1 aromatic heterocycles. The average Bonchev–Trinajstić information content (AvgIpc) is 3.08. The summed E-state index contributed by atoms with van der Waals surface area (Å²) in [6.07, 6.45) is 0.0263. The van der Waals surface area contributed by atoms with E-state index in [9.17, 15) is 14.0 Å². The van der Waals surface area contributed by atoms with E-state index in [0.717, 1.165) is 4.88 Å². The molecule has 0 saturated carbocycles. The first-order valence-corrected chi connectivity index (χ1v) is 8.31. The molecule has 0 aliphatic heterocycles. The second-order valence-electron chi connectivity index (χ2n) is 5.21. The lowest BCUT2D eigenvalue weighted by molar-refractivity contribution is -0.141. The molecule has 0 bridgehead atoms. The van der Waals surface area contributed by atoms with Crippen LogP contribution in [0.2, 0.25) is 0 Å². The van der Waals surface area contributed by atoms with Gasteiger partial charge in [0.25, 0.3) is 0 Å². The SMILES string of the molecule is COC(=O)C[C@H](NC(=O)N[C@@H](C)c1ccccc1F)c1cccs1. The zero-order valence-electron chi connectivity index (χ0n) is 13.4. The molecule has 128 valence electrons. The molecule has 0 spiro atoms. The van der Waals surface area contributed by atoms with Gasteiger partial charge in [0.05, 0.1) is 25.6 Å². The summed E-state index contributed by atoms with van der Waals surface area (Å²) in [7, 11) is 1.30. The van der Waals surface area contributed by atoms with E-state index in [-0.39, 0.29) is 12.2 Å². The molecular weight excluding hydrogens is 331 g/mol. The Morgan fingerprint density at radius 1 is 1.21 bits per heavy atom. The standard InChI is InChI=1S/C17H19FN2O3S/c1-11(12-6-3-4-7-13(12)18)19-17(22)20-14(10-16(21)23-2)15-8-5-9-24-15/h3-9,11,14H,10H2,1-2H3,(H2,19,20,22)/t11-,14-/m0/s1. The number of rotatable bonds is 6. The van der Waals surface area contributed by atoms with Crippen LogP contribution in [-0.2, 0) is 9.53 Å². The van der Waals surface area contributed by atoms with E-state index < -0.39 is 24.1 Å². The van der Waals surface area contributed by atoms with Crippen LogP contribution >= 0.6 is 11.3 Å². The van der Waals surface area contributed by atoms with Crippen molar-refractivity contribution in [2.24, 2.45) is 0 Å². The van der Waals surface area contributed by atoms with Gasteiger partial charge in [0.15, 0.2) is 0 Å². The van der Waals surface area contributed by atoms with E-state index in [1.165, 1.54) is 24.5 Å². The number of nitrogens with one attached hydrogen (secondary N) is 2. The molecule has 2 N–H and O–H groups in total. The predicted octanol–water partition coefficient (Wildman–Crippen LogP) is 3.55. The average molecular weight is 350 g/mol. The molecule has 2 amide bonds. The van der Waals surface area contributed by atoms with Gasteiger partial charge in [-0.05, 0) is 24.4 Å². The first-order chi connectivity index (χ1) is 11.5. The van der Waals surface area contributed by atoms with Gasteiger partial charge in [0.2, 0.25) is 0 Å². The highest BCUT2D eigenvalue weighted by Gasteiger charge is 2.21. The Labute approximate surface area is 143 Å². The molecule has 0 radical (unpaired) electrons. The van der Waals surface area contributed by atoms with Gasteiger partial charge in [-0.1, -0.05) is 24.3 Å². The van der Waals surface area contributed by atoms with Gasteiger partial charge in [-0.3, -0.25) is 4.79 Å². The molecular formula is C17H19FN2O3S. The van der Waals surface area contributed by atoms with Crippen LogP contribution in [0.5, 0.6) is 0 Å². The first-order valence-electron chi connectivity index (χ1n) is 7.43. The number of halogens is 1. The lowest BCUT2D eigenvalue weighted by Gasteiger charge is -2.20. The maximum absolute atomic E-state index is 13.8. The molecule has 1 heterocycles. The third-order valence-corrected chi connectivity index (χ3v) is 4.50. The van der Waals surface area contributed by atoms with E-state index in [1.54, 1.807) is 25.1 Å². The van der Waals surface area contributed by atoms with Crippen LogP contribution in [0.25, 0.3) is 0 Å². The van der Waals surface area contributed by atoms with Crippen LogP contribution < -0.4 is 10.6 Å². The smallest absolute Gasteiger partial charge is 0.315 e. The maximum Gasteiger partial charge on any atom is 0.315 e. The predicted molar refractivity (Wildman–Crippen MR) is 90.2 cm³/mol. The summed E-state index contributed by atoms with van der Waals surface area (Å²) >= 11 is 1.43. The second-order valence-corrected chi connectivity index (χ2v) is 6.19. The minimum Gasteiger partial charge on any atom is -0.469 e. The Kier molecular flexibility index (Phi) is 6.31. The Morgan fingerprint density at radius 2 is 1.96 bits per heavy atom. The van der Waals surface area contributed by atoms with E-state index in [1.807, 2.05) is 17.5 Å². The summed E-state index contributed by atoms with van der Waals surface area (Å²) < 4.78 is 18.4. The number of ether oxygens (including phenoxy) is 1. The number of methoxy groups -OCH3 is 1. The van der Waals surface area contributed by atoms with E-state index in [0.29, 0.717) is 5.56 Å². The molecule has 0 aliphatic rings. The van der Waals surface area contributed by atoms with Crippen LogP contribution in [0.3, 0.4) is 0 Å². The van der Waals surface area contributed by atoms with Crippen molar-refractivity contribution in [2.45, 2.75) is 25.4 Å². The van der Waals surface area contributed by atoms with Crippen molar-refractivity contribution in [3.05, 3.63) is 58.0 Å². The van der Waals surface area contributed by atoms with E-state index in [2.05, 4.69) is 15.4 Å². The molecule has 0 unspecified atom stereocenters. The van der Waals surface area contributed by atoms with Crippen LogP contribution in [0, 0.1) is 5.82 Å². The number of amides is 2. The van der Waals surface area contributed by atoms with Crippen LogP contribution in [0.4, 0.5) is 9.18 Å². The Morgan fingerprint density at radius 3 is 2.58 bits per heavy atom. The highest BCUT2D eigenvalue weighted by Crippen LogP contribution is 2.23. The molecule has 7 heteroatoms. The summed E-state index contributed by atoms with van der Waals surface area (Å²) in [4.78, 5) is 24.6. The maximum atomic E-state index is 13.8. The number of benzene rings is 1. The second kappa shape index (κ2) is 8.44. The minimum absolute atomic E-state index is 0.0263. The summed E-state index contributed by atoms with van der Waals surface area (Å²) in [5, 5.41) is 7.29. The van der Waals surface area contributed by atoms with Crippen molar-refractivity contribution in [1.29, 1.82) is 0 Å². The Bertz CT molecular complexity index is 691. The molecule has 2 rings (SSSR count). The van der Waals surface area contributed by atoms with Crippen LogP contribution in [0.1, 0.15) is 35.9 Å². The van der Waals surface area contributed by atoms with Crippen molar-refractivity contribution in [3.63, 3.8) is 0 Å². The quantitative estimate of drug-likeness (QED) is 0.783. The van der Waals surface area contributed by atoms with Crippen molar-refractivity contribution in [3.8, 4) is 0 Å². The van der Waals surface area contributed by atoms with Gasteiger partial charge >= 0.3 is 12.0 Å². The van der Waals surface area contributed by atoms with Gasteiger partial charge in [-0.2, -0.15) is 0 Å². The minimum atomic E-state index is -0.506. The van der Waals surface area contributed by atoms with Gasteiger partial charge in [-0.25, -0.2) is 9.18 Å². The zero-order valence-corrected chi connectivity index (χ0v) is 14.2. The molecule has 0 fully saturated rings. The fourth-order valence-corrected chi connectivity index (χ4v) is 3.04. The first kappa shape index (κ1) is 17.9. The summed E-state index contributed by atoms with van der Waals surface area (Å²) in [6.45, 7) is 1.69. The number of hydrogen-bond acceptors (Lipinski definition) is 4. The van der Waals surface area contributed by atoms with Crippen molar-refractivity contribution in [2.75, 3.05) is 7.11 Å². The fraction of sp³-hybridized carbons (Fsp3) is 0.294. The molecule has 2 aromatic rings. The molecule has 2 atom stereocenters. The highest BCUT2D eigenvalue weighted by atomic mass is 32.1. The topological polar surface area (TPSA) is 67.4 Å². The molecule has 5 nitrogen and oxygen atoms in total. The summed E-state index contributed by atoms with van der Waals surface area (Å²) in [6, 6.07) is 8.45. The van der Waals surface area contributed by atoms with Gasteiger partial charge in [0.1, 0.15) is 5.82 Å². The zero-order chi connectivity index (χ0) is 17.5. The number of esters is 1. The van der Waals surface area contributed by atoms with Gasteiger partial charge < -0.3 is 15.4 Å². The monoisotopic (exact) mass is 350 g/mol. The third-order valence-electron chi connectivity index (χ3n) is 3.51. The highest BCUT2D eigenvalue weighted by molar-refractivity contribution is 7.10. The summed E-state index contributed by atoms with van der Waals surface area (Å²) in [5.74, 6) is -0.800. The summed E-state index contributed by atoms with van der Waals surface area (Å²) in [5.41, 5.74) is 0.397. The number of hydrogen-bond donors (Lipinski definition) is 2. The van der Waals surface area contributed by atoms with Crippen LogP contribution in [-0.4, -0.2) is 19.1 Å². The number of urea groups is 1. The van der Waals surface area contributed by atoms with E-state index >= 15 is 0 Å². The van der Waals surface area contributed by atoms with Crippen molar-refractivity contribution >= 4 is 23.3 Å². The number of carbonyl (C=O) groups is 2. The van der Waals surface area contributed by atoms with Crippen molar-refractivity contribution in [1.82, 2.24) is 10.6 Å². The Hall–Kier alpha value is -2.41. The van der Waals surface area contributed by atoms with Crippen molar-refractivity contribution < 1.29 is 18.7 Å². The van der Waals surface area contributed by atoms with Gasteiger partial charge in [-0.15, -0.1) is 11.3 Å². The lowest BCUT2D eigenvalue weighted by Crippen LogP contribution is -2.40. The Balaban J connectivity index is 2.02. The van der Waals surface area contributed by atoms with Crippen LogP contribution in [0.15, 0.2) is 41.8 Å². The van der Waals surface area contributed by atoms with E-state index in [4.69, 9.17) is 0 Å². The third kappa shape index (κ3) is 4.79. The van der Waals surface area contributed by atoms with Gasteiger partial charge in [0, 0.05) is 10.4 Å². The molecule has 0 saturated heterocycles. The fourth-order valence-electron chi connectivity index (χ4n) is 2.26.